The van der Waals surface area contributed by atoms with Gasteiger partial charge in [0.25, 0.3) is 5.91 Å². The summed E-state index contributed by atoms with van der Waals surface area (Å²) in [5.74, 6) is 1.32. The van der Waals surface area contributed by atoms with Crippen LogP contribution in [0.25, 0.3) is 0 Å². The average molecular weight is 341 g/mol. The largest absolute Gasteiger partial charge is 0.379 e. The zero-order valence-electron chi connectivity index (χ0n) is 12.5. The highest BCUT2D eigenvalue weighted by molar-refractivity contribution is 7.99. The maximum atomic E-state index is 12.5. The molecule has 0 radical (unpaired) electrons. The molecule has 2 saturated heterocycles. The lowest BCUT2D eigenvalue weighted by atomic mass is 10.0. The van der Waals surface area contributed by atoms with Gasteiger partial charge in [0.05, 0.1) is 0 Å². The number of thioether (sulfide) groups is 1. The minimum Gasteiger partial charge on any atom is -0.379 e. The Labute approximate surface area is 140 Å². The Balaban J connectivity index is 1.53. The number of carbonyl (C=O) groups excluding carboxylic acids is 1. The van der Waals surface area contributed by atoms with Crippen LogP contribution in [0.15, 0.2) is 24.3 Å². The Bertz CT molecular complexity index is 541. The summed E-state index contributed by atoms with van der Waals surface area (Å²) < 4.78 is 0. The molecule has 2 aliphatic rings. The second-order valence-corrected chi connectivity index (χ2v) is 7.57. The molecule has 1 aromatic rings. The molecule has 2 aliphatic heterocycles. The van der Waals surface area contributed by atoms with Gasteiger partial charge in [0, 0.05) is 43.5 Å². The molecular weight excluding hydrogens is 320 g/mol. The molecule has 1 atom stereocenters. The number of amides is 1. The summed E-state index contributed by atoms with van der Waals surface area (Å²) in [6.07, 6.45) is 0.583. The van der Waals surface area contributed by atoms with Crippen molar-refractivity contribution in [2.24, 2.45) is 0 Å². The molecule has 1 amide bonds. The van der Waals surface area contributed by atoms with E-state index in [-0.39, 0.29) is 5.91 Å². The van der Waals surface area contributed by atoms with Crippen molar-refractivity contribution in [2.45, 2.75) is 18.6 Å². The number of rotatable bonds is 3. The first-order valence-corrected chi connectivity index (χ1v) is 9.16. The maximum absolute atomic E-state index is 12.5. The number of aliphatic hydroxyl groups is 1. The molecule has 22 heavy (non-hydrogen) atoms. The Kier molecular flexibility index (Phi) is 4.97. The summed E-state index contributed by atoms with van der Waals surface area (Å²) in [6, 6.07) is 7.89. The fraction of sp³-hybridized carbons (Fsp3) is 0.562. The van der Waals surface area contributed by atoms with Gasteiger partial charge in [-0.05, 0) is 29.9 Å². The van der Waals surface area contributed by atoms with E-state index in [4.69, 9.17) is 11.6 Å². The molecular formula is C16H21ClN2O2S. The summed E-state index contributed by atoms with van der Waals surface area (Å²) >= 11 is 7.67. The zero-order valence-corrected chi connectivity index (χ0v) is 14.1. The van der Waals surface area contributed by atoms with Gasteiger partial charge < -0.3 is 10.0 Å². The third kappa shape index (κ3) is 3.59. The minimum atomic E-state index is -1.13. The highest BCUT2D eigenvalue weighted by atomic mass is 35.5. The molecule has 120 valence electrons. The maximum Gasteiger partial charge on any atom is 0.255 e. The van der Waals surface area contributed by atoms with Gasteiger partial charge in [-0.3, -0.25) is 9.69 Å². The summed E-state index contributed by atoms with van der Waals surface area (Å²) in [6.45, 7) is 3.89. The minimum absolute atomic E-state index is 0.0834. The summed E-state index contributed by atoms with van der Waals surface area (Å²) in [4.78, 5) is 16.6. The van der Waals surface area contributed by atoms with Crippen molar-refractivity contribution < 1.29 is 9.90 Å². The Hall–Kier alpha value is -0.750. The first-order valence-electron chi connectivity index (χ1n) is 7.63. The number of carbonyl (C=O) groups is 1. The number of halogens is 1. The van der Waals surface area contributed by atoms with E-state index in [9.17, 15) is 9.90 Å². The van der Waals surface area contributed by atoms with Crippen LogP contribution in [0.1, 0.15) is 12.0 Å². The first kappa shape index (κ1) is 16.1. The van der Waals surface area contributed by atoms with Crippen molar-refractivity contribution in [3.05, 3.63) is 34.9 Å². The molecule has 0 saturated carbocycles. The van der Waals surface area contributed by atoms with Gasteiger partial charge in [-0.25, -0.2) is 0 Å². The zero-order chi connectivity index (χ0) is 15.6. The van der Waals surface area contributed by atoms with Crippen LogP contribution in [-0.4, -0.2) is 64.1 Å². The molecule has 0 aromatic heterocycles. The number of piperazine rings is 1. The standard InChI is InChI=1S/C16H21ClN2O2S/c17-14-3-1-2-13(10-14)11-18-5-7-19(8-6-18)15(20)16(21)4-9-22-12-16/h1-3,10,21H,4-9,11-12H2. The van der Waals surface area contributed by atoms with Crippen LogP contribution >= 0.6 is 23.4 Å². The molecule has 1 aromatic carbocycles. The van der Waals surface area contributed by atoms with Crippen LogP contribution in [-0.2, 0) is 11.3 Å². The van der Waals surface area contributed by atoms with E-state index in [1.165, 1.54) is 5.56 Å². The van der Waals surface area contributed by atoms with Gasteiger partial charge in [0.2, 0.25) is 0 Å². The van der Waals surface area contributed by atoms with Crippen molar-refractivity contribution >= 4 is 29.3 Å². The monoisotopic (exact) mass is 340 g/mol. The molecule has 0 spiro atoms. The second-order valence-electron chi connectivity index (χ2n) is 6.03. The van der Waals surface area contributed by atoms with Crippen molar-refractivity contribution in [2.75, 3.05) is 37.7 Å². The van der Waals surface area contributed by atoms with Crippen LogP contribution in [0.2, 0.25) is 5.02 Å². The Morgan fingerprint density at radius 3 is 2.73 bits per heavy atom. The van der Waals surface area contributed by atoms with Crippen molar-refractivity contribution in [3.8, 4) is 0 Å². The SMILES string of the molecule is O=C(N1CCN(Cc2cccc(Cl)c2)CC1)C1(O)CCSC1. The number of benzene rings is 1. The van der Waals surface area contributed by atoms with E-state index in [1.54, 1.807) is 11.8 Å². The van der Waals surface area contributed by atoms with Gasteiger partial charge >= 0.3 is 0 Å². The normalized spacial score (nSPS) is 26.4. The quantitative estimate of drug-likeness (QED) is 0.912. The predicted octanol–water partition coefficient (Wildman–Crippen LogP) is 1.85. The molecule has 2 heterocycles. The number of hydrogen-bond acceptors (Lipinski definition) is 4. The lowest BCUT2D eigenvalue weighted by Gasteiger charge is -2.37. The fourth-order valence-corrected chi connectivity index (χ4v) is 4.46. The smallest absolute Gasteiger partial charge is 0.255 e. The molecule has 2 fully saturated rings. The third-order valence-corrected chi connectivity index (χ3v) is 5.76. The highest BCUT2D eigenvalue weighted by Crippen LogP contribution is 2.30. The summed E-state index contributed by atoms with van der Waals surface area (Å²) in [7, 11) is 0. The predicted molar refractivity (Wildman–Crippen MR) is 90.2 cm³/mol. The van der Waals surface area contributed by atoms with Gasteiger partial charge in [-0.2, -0.15) is 11.8 Å². The van der Waals surface area contributed by atoms with Gasteiger partial charge in [-0.15, -0.1) is 0 Å². The number of nitrogens with zero attached hydrogens (tertiary/aromatic N) is 2. The molecule has 0 aliphatic carbocycles. The summed E-state index contributed by atoms with van der Waals surface area (Å²) in [5.41, 5.74) is 0.0675. The lowest BCUT2D eigenvalue weighted by Crippen LogP contribution is -2.55. The highest BCUT2D eigenvalue weighted by Gasteiger charge is 2.42. The fourth-order valence-electron chi connectivity index (χ4n) is 3.02. The van der Waals surface area contributed by atoms with Crippen LogP contribution in [0.4, 0.5) is 0 Å². The average Bonchev–Trinajstić information content (AvgIpc) is 2.95. The van der Waals surface area contributed by atoms with E-state index in [0.717, 1.165) is 30.4 Å². The van der Waals surface area contributed by atoms with Crippen molar-refractivity contribution in [3.63, 3.8) is 0 Å². The van der Waals surface area contributed by atoms with Crippen LogP contribution in [0, 0.1) is 0 Å². The van der Waals surface area contributed by atoms with E-state index < -0.39 is 5.60 Å². The molecule has 3 rings (SSSR count). The van der Waals surface area contributed by atoms with Crippen LogP contribution in [0.3, 0.4) is 0 Å². The van der Waals surface area contributed by atoms with Gasteiger partial charge in [-0.1, -0.05) is 23.7 Å². The molecule has 4 nitrogen and oxygen atoms in total. The second kappa shape index (κ2) is 6.79. The molecule has 0 bridgehead atoms. The van der Waals surface area contributed by atoms with Crippen LogP contribution < -0.4 is 0 Å². The van der Waals surface area contributed by atoms with Gasteiger partial charge in [0.15, 0.2) is 5.60 Å². The van der Waals surface area contributed by atoms with Crippen molar-refractivity contribution in [1.29, 1.82) is 0 Å². The van der Waals surface area contributed by atoms with E-state index in [1.807, 2.05) is 23.1 Å². The summed E-state index contributed by atoms with van der Waals surface area (Å²) in [5, 5.41) is 11.2. The van der Waals surface area contributed by atoms with Gasteiger partial charge in [0.1, 0.15) is 0 Å². The van der Waals surface area contributed by atoms with E-state index >= 15 is 0 Å². The number of hydrogen-bond donors (Lipinski definition) is 1. The first-order chi connectivity index (χ1) is 10.6. The molecule has 1 N–H and O–H groups in total. The third-order valence-electron chi connectivity index (χ3n) is 4.35. The Morgan fingerprint density at radius 2 is 2.09 bits per heavy atom. The van der Waals surface area contributed by atoms with Crippen molar-refractivity contribution in [1.82, 2.24) is 9.80 Å². The molecule has 1 unspecified atom stereocenters. The van der Waals surface area contributed by atoms with E-state index in [0.29, 0.717) is 25.3 Å². The Morgan fingerprint density at radius 1 is 1.32 bits per heavy atom. The van der Waals surface area contributed by atoms with E-state index in [2.05, 4.69) is 11.0 Å². The van der Waals surface area contributed by atoms with Crippen LogP contribution in [0.5, 0.6) is 0 Å². The lowest BCUT2D eigenvalue weighted by molar-refractivity contribution is -0.150. The molecule has 6 heteroatoms. The topological polar surface area (TPSA) is 43.8 Å².